The SMILES string of the molecule is CCC(CO)NC(=O)NC(C)c1cccc(C(F)(F)F)c1. The zero-order valence-corrected chi connectivity index (χ0v) is 11.9. The summed E-state index contributed by atoms with van der Waals surface area (Å²) in [5.41, 5.74) is -0.395. The number of rotatable bonds is 5. The summed E-state index contributed by atoms with van der Waals surface area (Å²) in [5.74, 6) is 0. The molecule has 0 bridgehead atoms. The van der Waals surface area contributed by atoms with Crippen LogP contribution in [0.2, 0.25) is 0 Å². The first kappa shape index (κ1) is 17.3. The molecule has 2 unspecified atom stereocenters. The second kappa shape index (κ2) is 7.31. The summed E-state index contributed by atoms with van der Waals surface area (Å²) in [7, 11) is 0. The number of hydrogen-bond acceptors (Lipinski definition) is 2. The maximum Gasteiger partial charge on any atom is 0.416 e. The van der Waals surface area contributed by atoms with Crippen LogP contribution in [0.5, 0.6) is 0 Å². The summed E-state index contributed by atoms with van der Waals surface area (Å²) in [6.45, 7) is 3.20. The van der Waals surface area contributed by atoms with E-state index in [0.29, 0.717) is 12.0 Å². The number of alkyl halides is 3. The third-order valence-electron chi connectivity index (χ3n) is 3.11. The molecule has 0 radical (unpaired) electrons. The summed E-state index contributed by atoms with van der Waals surface area (Å²) in [5, 5.41) is 14.1. The van der Waals surface area contributed by atoms with E-state index < -0.39 is 23.8 Å². The molecule has 0 aliphatic carbocycles. The van der Waals surface area contributed by atoms with Gasteiger partial charge in [-0.3, -0.25) is 0 Å². The van der Waals surface area contributed by atoms with E-state index >= 15 is 0 Å². The number of carbonyl (C=O) groups is 1. The molecule has 0 spiro atoms. The first-order valence-corrected chi connectivity index (χ1v) is 6.63. The molecule has 0 fully saturated rings. The second-order valence-corrected chi connectivity index (χ2v) is 4.75. The van der Waals surface area contributed by atoms with Crippen LogP contribution in [0.15, 0.2) is 24.3 Å². The number of nitrogens with one attached hydrogen (secondary N) is 2. The number of carbonyl (C=O) groups excluding carboxylic acids is 1. The van der Waals surface area contributed by atoms with Crippen molar-refractivity contribution in [1.82, 2.24) is 10.6 Å². The predicted octanol–water partition coefficient (Wildman–Crippen LogP) is 2.84. The first-order valence-electron chi connectivity index (χ1n) is 6.63. The van der Waals surface area contributed by atoms with E-state index in [1.807, 2.05) is 0 Å². The zero-order valence-electron chi connectivity index (χ0n) is 11.9. The van der Waals surface area contributed by atoms with Crippen LogP contribution in [-0.2, 0) is 6.18 Å². The number of amides is 2. The Morgan fingerprint density at radius 1 is 1.33 bits per heavy atom. The van der Waals surface area contributed by atoms with Crippen LogP contribution >= 0.6 is 0 Å². The van der Waals surface area contributed by atoms with E-state index in [1.165, 1.54) is 12.1 Å². The van der Waals surface area contributed by atoms with Crippen LogP contribution in [-0.4, -0.2) is 23.8 Å². The summed E-state index contributed by atoms with van der Waals surface area (Å²) in [6.07, 6.45) is -3.86. The van der Waals surface area contributed by atoms with E-state index in [0.717, 1.165) is 12.1 Å². The highest BCUT2D eigenvalue weighted by molar-refractivity contribution is 5.74. The van der Waals surface area contributed by atoms with E-state index in [4.69, 9.17) is 5.11 Å². The lowest BCUT2D eigenvalue weighted by atomic mass is 10.1. The fourth-order valence-corrected chi connectivity index (χ4v) is 1.77. The van der Waals surface area contributed by atoms with Gasteiger partial charge in [-0.25, -0.2) is 4.79 Å². The Kier molecular flexibility index (Phi) is 6.02. The molecule has 4 nitrogen and oxygen atoms in total. The highest BCUT2D eigenvalue weighted by Crippen LogP contribution is 2.30. The highest BCUT2D eigenvalue weighted by Gasteiger charge is 2.30. The van der Waals surface area contributed by atoms with E-state index in [1.54, 1.807) is 13.8 Å². The van der Waals surface area contributed by atoms with Crippen molar-refractivity contribution in [1.29, 1.82) is 0 Å². The number of aliphatic hydroxyl groups excluding tert-OH is 1. The summed E-state index contributed by atoms with van der Waals surface area (Å²) < 4.78 is 37.9. The highest BCUT2D eigenvalue weighted by atomic mass is 19.4. The van der Waals surface area contributed by atoms with E-state index in [-0.39, 0.29) is 12.6 Å². The van der Waals surface area contributed by atoms with Crippen molar-refractivity contribution in [3.05, 3.63) is 35.4 Å². The topological polar surface area (TPSA) is 61.4 Å². The van der Waals surface area contributed by atoms with Crippen molar-refractivity contribution < 1.29 is 23.1 Å². The maximum atomic E-state index is 12.6. The van der Waals surface area contributed by atoms with Gasteiger partial charge in [-0.05, 0) is 31.0 Å². The smallest absolute Gasteiger partial charge is 0.394 e. The van der Waals surface area contributed by atoms with Gasteiger partial charge in [-0.2, -0.15) is 13.2 Å². The molecule has 1 aromatic carbocycles. The Labute approximate surface area is 121 Å². The summed E-state index contributed by atoms with van der Waals surface area (Å²) in [6, 6.07) is 3.33. The number of aliphatic hydroxyl groups is 1. The van der Waals surface area contributed by atoms with Gasteiger partial charge in [0, 0.05) is 0 Å². The Balaban J connectivity index is 2.71. The quantitative estimate of drug-likeness (QED) is 0.783. The standard InChI is InChI=1S/C14H19F3N2O2/c1-3-12(8-20)19-13(21)18-9(2)10-5-4-6-11(7-10)14(15,16)17/h4-7,9,12,20H,3,8H2,1-2H3,(H2,18,19,21). The molecule has 7 heteroatoms. The Bertz CT molecular complexity index is 474. The average molecular weight is 304 g/mol. The lowest BCUT2D eigenvalue weighted by Gasteiger charge is -2.19. The molecule has 0 aliphatic rings. The molecule has 118 valence electrons. The van der Waals surface area contributed by atoms with Gasteiger partial charge in [-0.15, -0.1) is 0 Å². The van der Waals surface area contributed by atoms with Crippen molar-refractivity contribution in [2.24, 2.45) is 0 Å². The first-order chi connectivity index (χ1) is 9.77. The normalized spacial score (nSPS) is 14.4. The van der Waals surface area contributed by atoms with Crippen molar-refractivity contribution >= 4 is 6.03 Å². The number of halogens is 3. The zero-order chi connectivity index (χ0) is 16.0. The molecule has 1 aromatic rings. The van der Waals surface area contributed by atoms with E-state index in [9.17, 15) is 18.0 Å². The van der Waals surface area contributed by atoms with Gasteiger partial charge in [0.2, 0.25) is 0 Å². The van der Waals surface area contributed by atoms with Crippen LogP contribution in [0, 0.1) is 0 Å². The van der Waals surface area contributed by atoms with Crippen molar-refractivity contribution in [2.75, 3.05) is 6.61 Å². The summed E-state index contributed by atoms with van der Waals surface area (Å²) in [4.78, 5) is 11.7. The minimum Gasteiger partial charge on any atom is -0.394 e. The molecule has 0 aliphatic heterocycles. The Hall–Kier alpha value is -1.76. The molecule has 2 amide bonds. The minimum absolute atomic E-state index is 0.193. The van der Waals surface area contributed by atoms with Gasteiger partial charge < -0.3 is 15.7 Å². The van der Waals surface area contributed by atoms with Crippen LogP contribution in [0.1, 0.15) is 37.4 Å². The van der Waals surface area contributed by atoms with Gasteiger partial charge in [0.05, 0.1) is 24.3 Å². The van der Waals surface area contributed by atoms with Gasteiger partial charge >= 0.3 is 12.2 Å². The summed E-state index contributed by atoms with van der Waals surface area (Å²) >= 11 is 0. The largest absolute Gasteiger partial charge is 0.416 e. The Morgan fingerprint density at radius 3 is 2.52 bits per heavy atom. The second-order valence-electron chi connectivity index (χ2n) is 4.75. The van der Waals surface area contributed by atoms with Crippen LogP contribution in [0.4, 0.5) is 18.0 Å². The molecule has 2 atom stereocenters. The minimum atomic E-state index is -4.41. The van der Waals surface area contributed by atoms with Crippen LogP contribution in [0.3, 0.4) is 0 Å². The third-order valence-corrected chi connectivity index (χ3v) is 3.11. The van der Waals surface area contributed by atoms with Gasteiger partial charge in [-0.1, -0.05) is 19.1 Å². The lowest BCUT2D eigenvalue weighted by Crippen LogP contribution is -2.44. The fourth-order valence-electron chi connectivity index (χ4n) is 1.77. The number of hydrogen-bond donors (Lipinski definition) is 3. The molecule has 1 rings (SSSR count). The monoisotopic (exact) mass is 304 g/mol. The van der Waals surface area contributed by atoms with Crippen LogP contribution in [0.25, 0.3) is 0 Å². The van der Waals surface area contributed by atoms with Crippen molar-refractivity contribution in [2.45, 2.75) is 38.5 Å². The van der Waals surface area contributed by atoms with Crippen molar-refractivity contribution in [3.63, 3.8) is 0 Å². The molecular weight excluding hydrogens is 285 g/mol. The molecule has 0 saturated heterocycles. The molecule has 3 N–H and O–H groups in total. The third kappa shape index (κ3) is 5.26. The molecule has 0 saturated carbocycles. The van der Waals surface area contributed by atoms with Gasteiger partial charge in [0.25, 0.3) is 0 Å². The molecule has 0 heterocycles. The maximum absolute atomic E-state index is 12.6. The van der Waals surface area contributed by atoms with Gasteiger partial charge in [0.15, 0.2) is 0 Å². The average Bonchev–Trinajstić information content (AvgIpc) is 2.43. The molecule has 21 heavy (non-hydrogen) atoms. The number of benzene rings is 1. The Morgan fingerprint density at radius 2 is 2.00 bits per heavy atom. The lowest BCUT2D eigenvalue weighted by molar-refractivity contribution is -0.137. The van der Waals surface area contributed by atoms with Crippen molar-refractivity contribution in [3.8, 4) is 0 Å². The number of urea groups is 1. The predicted molar refractivity (Wildman–Crippen MR) is 72.7 cm³/mol. The van der Waals surface area contributed by atoms with Crippen LogP contribution < -0.4 is 10.6 Å². The van der Waals surface area contributed by atoms with Gasteiger partial charge in [0.1, 0.15) is 0 Å². The fraction of sp³-hybridized carbons (Fsp3) is 0.500. The molecule has 0 aromatic heterocycles. The van der Waals surface area contributed by atoms with E-state index in [2.05, 4.69) is 10.6 Å². The molecular formula is C14H19F3N2O2.